The minimum absolute atomic E-state index is 0.000464. The van der Waals surface area contributed by atoms with Crippen LogP contribution in [0, 0.1) is 12.3 Å². The SMILES string of the molecule is CC(=O)c1nn2c3c(cc(C)cc13)CCCCCCCCC[C@@]13C[C@@H](C(=O)Cc4cc(C(=O)O)cc(Br)n4)N(C(=O)C2)[C@@H]1C3. The van der Waals surface area contributed by atoms with Gasteiger partial charge in [-0.2, -0.15) is 5.10 Å². The van der Waals surface area contributed by atoms with Gasteiger partial charge in [0.25, 0.3) is 0 Å². The maximum absolute atomic E-state index is 14.2. The van der Waals surface area contributed by atoms with Gasteiger partial charge in [-0.15, -0.1) is 0 Å². The third-order valence-corrected chi connectivity index (χ3v) is 10.2. The molecule has 3 aliphatic rings. The van der Waals surface area contributed by atoms with Crippen molar-refractivity contribution in [2.24, 2.45) is 5.41 Å². The average molecular weight is 664 g/mol. The number of benzene rings is 1. The van der Waals surface area contributed by atoms with Crippen molar-refractivity contribution in [2.75, 3.05) is 0 Å². The van der Waals surface area contributed by atoms with Gasteiger partial charge in [0.15, 0.2) is 11.6 Å². The Morgan fingerprint density at radius 2 is 1.75 bits per heavy atom. The topological polar surface area (TPSA) is 122 Å². The van der Waals surface area contributed by atoms with Crippen LogP contribution in [-0.4, -0.2) is 60.3 Å². The summed E-state index contributed by atoms with van der Waals surface area (Å²) in [6.45, 7) is 3.49. The quantitative estimate of drug-likeness (QED) is 0.253. The first-order valence-corrected chi connectivity index (χ1v) is 16.6. The molecule has 2 aromatic heterocycles. The van der Waals surface area contributed by atoms with Crippen molar-refractivity contribution < 1.29 is 24.3 Å². The van der Waals surface area contributed by atoms with Gasteiger partial charge in [-0.05, 0) is 84.1 Å². The molecule has 1 saturated heterocycles. The van der Waals surface area contributed by atoms with E-state index in [1.807, 2.05) is 13.0 Å². The minimum Gasteiger partial charge on any atom is -0.478 e. The van der Waals surface area contributed by atoms with Gasteiger partial charge in [-0.3, -0.25) is 19.1 Å². The second-order valence-corrected chi connectivity index (χ2v) is 13.9. The molecule has 1 amide bonds. The predicted octanol–water partition coefficient (Wildman–Crippen LogP) is 6.25. The summed E-state index contributed by atoms with van der Waals surface area (Å²) < 4.78 is 2.05. The molecular formula is C34H39BrN4O5. The number of aromatic nitrogens is 3. The van der Waals surface area contributed by atoms with Crippen LogP contribution in [0.1, 0.15) is 109 Å². The summed E-state index contributed by atoms with van der Waals surface area (Å²) in [5, 5.41) is 15.0. The first-order valence-electron chi connectivity index (χ1n) is 15.8. The third kappa shape index (κ3) is 5.97. The number of hydrogen-bond donors (Lipinski definition) is 1. The normalized spacial score (nSPS) is 24.2. The van der Waals surface area contributed by atoms with Crippen LogP contribution in [0.5, 0.6) is 0 Å². The van der Waals surface area contributed by atoms with Crippen LogP contribution in [0.2, 0.25) is 0 Å². The number of carbonyl (C=O) groups excluding carboxylic acids is 3. The van der Waals surface area contributed by atoms with Gasteiger partial charge < -0.3 is 10.0 Å². The number of piperidine rings is 1. The molecule has 2 aliphatic heterocycles. The molecule has 6 rings (SSSR count). The molecule has 232 valence electrons. The summed E-state index contributed by atoms with van der Waals surface area (Å²) >= 11 is 3.27. The number of carboxylic acid groups (broad SMARTS) is 1. The Hall–Kier alpha value is -3.40. The zero-order valence-corrected chi connectivity index (χ0v) is 27.0. The van der Waals surface area contributed by atoms with E-state index in [0.29, 0.717) is 22.4 Å². The first-order chi connectivity index (χ1) is 21.1. The monoisotopic (exact) mass is 662 g/mol. The van der Waals surface area contributed by atoms with Gasteiger partial charge in [0.05, 0.1) is 29.2 Å². The molecule has 0 spiro atoms. The average Bonchev–Trinajstić information content (AvgIpc) is 3.37. The van der Waals surface area contributed by atoms with Gasteiger partial charge in [-0.25, -0.2) is 9.78 Å². The van der Waals surface area contributed by atoms with E-state index in [0.717, 1.165) is 67.0 Å². The number of carboxylic acids is 1. The smallest absolute Gasteiger partial charge is 0.335 e. The zero-order chi connectivity index (χ0) is 31.2. The van der Waals surface area contributed by atoms with E-state index in [4.69, 9.17) is 0 Å². The summed E-state index contributed by atoms with van der Waals surface area (Å²) in [5.41, 5.74) is 3.73. The van der Waals surface area contributed by atoms with E-state index in [1.165, 1.54) is 38.3 Å². The van der Waals surface area contributed by atoms with Gasteiger partial charge in [-0.1, -0.05) is 50.2 Å². The molecule has 0 unspecified atom stereocenters. The lowest BCUT2D eigenvalue weighted by atomic mass is 9.90. The Morgan fingerprint density at radius 1 is 1.02 bits per heavy atom. The molecule has 3 aromatic rings. The van der Waals surface area contributed by atoms with Gasteiger partial charge in [0.2, 0.25) is 5.91 Å². The number of ketones is 2. The highest BCUT2D eigenvalue weighted by Crippen LogP contribution is 2.62. The predicted molar refractivity (Wildman–Crippen MR) is 169 cm³/mol. The minimum atomic E-state index is -1.09. The molecule has 3 atom stereocenters. The van der Waals surface area contributed by atoms with Crippen molar-refractivity contribution in [3.8, 4) is 0 Å². The van der Waals surface area contributed by atoms with Gasteiger partial charge in [0.1, 0.15) is 16.8 Å². The molecule has 1 aliphatic carbocycles. The number of pyridine rings is 1. The molecule has 2 bridgehead atoms. The van der Waals surface area contributed by atoms with E-state index in [2.05, 4.69) is 32.1 Å². The van der Waals surface area contributed by atoms with Crippen LogP contribution >= 0.6 is 15.9 Å². The lowest BCUT2D eigenvalue weighted by Gasteiger charge is -2.27. The second-order valence-electron chi connectivity index (χ2n) is 13.1. The lowest BCUT2D eigenvalue weighted by molar-refractivity contribution is -0.139. The fourth-order valence-electron chi connectivity index (χ4n) is 7.70. The number of rotatable bonds is 5. The number of amides is 1. The molecule has 1 N–H and O–H groups in total. The number of Topliss-reactive ketones (excluding diaryl/α,β-unsaturated/α-hetero) is 2. The number of aryl methyl sites for hydroxylation is 2. The fourth-order valence-corrected chi connectivity index (χ4v) is 8.18. The van der Waals surface area contributed by atoms with E-state index in [9.17, 15) is 24.3 Å². The molecular weight excluding hydrogens is 624 g/mol. The summed E-state index contributed by atoms with van der Waals surface area (Å²) in [7, 11) is 0. The highest BCUT2D eigenvalue weighted by molar-refractivity contribution is 9.10. The van der Waals surface area contributed by atoms with E-state index in [-0.39, 0.29) is 47.5 Å². The first kappa shape index (κ1) is 30.6. The Morgan fingerprint density at radius 3 is 2.48 bits per heavy atom. The van der Waals surface area contributed by atoms with E-state index < -0.39 is 12.0 Å². The summed E-state index contributed by atoms with van der Waals surface area (Å²) in [6, 6.07) is 6.36. The standard InChI is InChI=1S/C34H39BrN4O5/c1-20-12-22-10-8-6-4-3-5-7-9-11-34-17-26(27(41)16-24-14-23(33(43)44)15-29(35)36-24)39(28(34)18-34)30(42)19-38-32(22)25(13-20)31(37-38)21(2)40/h12-15,26,28H,3-11,16-19H2,1-2H3,(H,43,44)/t26-,28+,34-/m0/s1. The third-order valence-electron chi connectivity index (χ3n) is 9.83. The zero-order valence-electron chi connectivity index (χ0n) is 25.4. The number of carbonyl (C=O) groups is 4. The summed E-state index contributed by atoms with van der Waals surface area (Å²) in [5.74, 6) is -1.54. The lowest BCUT2D eigenvalue weighted by Crippen LogP contribution is -2.45. The number of halogens is 1. The van der Waals surface area contributed by atoms with Crippen LogP contribution in [0.15, 0.2) is 28.9 Å². The molecule has 0 radical (unpaired) electrons. The maximum atomic E-state index is 14.2. The number of aromatic carboxylic acids is 1. The van der Waals surface area contributed by atoms with Crippen LogP contribution < -0.4 is 0 Å². The number of hydrogen-bond acceptors (Lipinski definition) is 6. The van der Waals surface area contributed by atoms with Crippen molar-refractivity contribution >= 4 is 50.3 Å². The van der Waals surface area contributed by atoms with E-state index >= 15 is 0 Å². The number of nitrogens with zero attached hydrogens (tertiary/aromatic N) is 4. The van der Waals surface area contributed by atoms with Crippen molar-refractivity contribution in [3.63, 3.8) is 0 Å². The fraction of sp³-hybridized carbons (Fsp3) is 0.529. The van der Waals surface area contributed by atoms with Crippen molar-refractivity contribution in [1.82, 2.24) is 19.7 Å². The highest BCUT2D eigenvalue weighted by Gasteiger charge is 2.66. The van der Waals surface area contributed by atoms with Crippen molar-refractivity contribution in [1.29, 1.82) is 0 Å². The second kappa shape index (κ2) is 12.2. The molecule has 10 heteroatoms. The molecule has 1 aromatic carbocycles. The van der Waals surface area contributed by atoms with Crippen LogP contribution in [-0.2, 0) is 29.0 Å². The molecule has 44 heavy (non-hydrogen) atoms. The summed E-state index contributed by atoms with van der Waals surface area (Å²) in [6.07, 6.45) is 11.3. The van der Waals surface area contributed by atoms with Crippen molar-refractivity contribution in [2.45, 2.75) is 110 Å². The van der Waals surface area contributed by atoms with Crippen LogP contribution in [0.3, 0.4) is 0 Å². The molecule has 2 fully saturated rings. The maximum Gasteiger partial charge on any atom is 0.335 e. The van der Waals surface area contributed by atoms with Crippen LogP contribution in [0.4, 0.5) is 0 Å². The largest absolute Gasteiger partial charge is 0.478 e. The van der Waals surface area contributed by atoms with Gasteiger partial charge in [0, 0.05) is 18.4 Å². The summed E-state index contributed by atoms with van der Waals surface area (Å²) in [4.78, 5) is 58.6. The Labute approximate surface area is 265 Å². The van der Waals surface area contributed by atoms with E-state index in [1.54, 1.807) is 9.58 Å². The van der Waals surface area contributed by atoms with Crippen LogP contribution in [0.25, 0.3) is 10.9 Å². The molecule has 1 saturated carbocycles. The molecule has 4 heterocycles. The molecule has 9 nitrogen and oxygen atoms in total. The Kier molecular flexibility index (Phi) is 8.48. The Balaban J connectivity index is 1.35. The highest BCUT2D eigenvalue weighted by atomic mass is 79.9. The van der Waals surface area contributed by atoms with Gasteiger partial charge >= 0.3 is 5.97 Å². The van der Waals surface area contributed by atoms with Crippen molar-refractivity contribution in [3.05, 3.63) is 56.9 Å². The Bertz CT molecular complexity index is 1660.